The van der Waals surface area contributed by atoms with Gasteiger partial charge < -0.3 is 10.4 Å². The van der Waals surface area contributed by atoms with Crippen molar-refractivity contribution in [2.24, 2.45) is 5.92 Å². The van der Waals surface area contributed by atoms with Gasteiger partial charge in [0.2, 0.25) is 5.91 Å². The van der Waals surface area contributed by atoms with Crippen LogP contribution in [0.4, 0.5) is 0 Å². The Balaban J connectivity index is 2.45. The third-order valence-corrected chi connectivity index (χ3v) is 4.83. The Kier molecular flexibility index (Phi) is 6.69. The van der Waals surface area contributed by atoms with Crippen molar-refractivity contribution >= 4 is 23.6 Å². The van der Waals surface area contributed by atoms with Crippen molar-refractivity contribution in [1.82, 2.24) is 5.32 Å². The number of unbranched alkanes of at least 4 members (excludes halogenated alkanes) is 1. The summed E-state index contributed by atoms with van der Waals surface area (Å²) in [7, 11) is 0. The predicted molar refractivity (Wildman–Crippen MR) is 78.4 cm³/mol. The van der Waals surface area contributed by atoms with Gasteiger partial charge in [-0.05, 0) is 43.8 Å². The molecule has 0 unspecified atom stereocenters. The molecule has 0 radical (unpaired) electrons. The van der Waals surface area contributed by atoms with Crippen LogP contribution in [0.1, 0.15) is 52.4 Å². The lowest BCUT2D eigenvalue weighted by Crippen LogP contribution is -2.56. The van der Waals surface area contributed by atoms with Crippen molar-refractivity contribution in [3.63, 3.8) is 0 Å². The fourth-order valence-corrected chi connectivity index (χ4v) is 3.26. The van der Waals surface area contributed by atoms with Gasteiger partial charge in [-0.1, -0.05) is 20.3 Å². The van der Waals surface area contributed by atoms with Gasteiger partial charge in [0.25, 0.3) is 0 Å². The van der Waals surface area contributed by atoms with Gasteiger partial charge >= 0.3 is 5.97 Å². The Morgan fingerprint density at radius 3 is 2.53 bits per heavy atom. The lowest BCUT2D eigenvalue weighted by molar-refractivity contribution is -0.149. The van der Waals surface area contributed by atoms with Crippen LogP contribution in [-0.4, -0.2) is 34.0 Å². The summed E-state index contributed by atoms with van der Waals surface area (Å²) < 4.78 is 0. The molecule has 110 valence electrons. The molecule has 0 bridgehead atoms. The van der Waals surface area contributed by atoms with E-state index in [2.05, 4.69) is 19.2 Å². The van der Waals surface area contributed by atoms with E-state index in [0.717, 1.165) is 31.4 Å². The standard InChI is InChI=1S/C14H25NO3S/c1-3-4-9-19-10-12(16)15-14(13(17)18)7-5-11(2)6-8-14/h11H,3-10H2,1-2H3,(H,15,16)(H,17,18). The van der Waals surface area contributed by atoms with E-state index in [-0.39, 0.29) is 5.91 Å². The highest BCUT2D eigenvalue weighted by molar-refractivity contribution is 7.99. The van der Waals surface area contributed by atoms with Crippen molar-refractivity contribution in [2.75, 3.05) is 11.5 Å². The zero-order chi connectivity index (χ0) is 14.3. The summed E-state index contributed by atoms with van der Waals surface area (Å²) in [6.45, 7) is 4.25. The van der Waals surface area contributed by atoms with E-state index < -0.39 is 11.5 Å². The number of amides is 1. The van der Waals surface area contributed by atoms with Gasteiger partial charge in [-0.25, -0.2) is 4.79 Å². The minimum Gasteiger partial charge on any atom is -0.480 e. The quantitative estimate of drug-likeness (QED) is 0.707. The van der Waals surface area contributed by atoms with Crippen LogP contribution in [0.25, 0.3) is 0 Å². The van der Waals surface area contributed by atoms with Crippen LogP contribution in [0.2, 0.25) is 0 Å². The first kappa shape index (κ1) is 16.3. The average Bonchev–Trinajstić information content (AvgIpc) is 2.37. The molecule has 0 spiro atoms. The van der Waals surface area contributed by atoms with Gasteiger partial charge in [-0.3, -0.25) is 4.79 Å². The molecule has 5 heteroatoms. The van der Waals surface area contributed by atoms with E-state index in [1.165, 1.54) is 0 Å². The Morgan fingerprint density at radius 1 is 1.37 bits per heavy atom. The minimum atomic E-state index is -1.02. The molecule has 0 saturated heterocycles. The number of hydrogen-bond acceptors (Lipinski definition) is 3. The number of carboxylic acids is 1. The molecule has 1 fully saturated rings. The summed E-state index contributed by atoms with van der Waals surface area (Å²) in [5.41, 5.74) is -1.02. The molecule has 1 amide bonds. The Morgan fingerprint density at radius 2 is 2.00 bits per heavy atom. The molecular weight excluding hydrogens is 262 g/mol. The normalized spacial score (nSPS) is 26.9. The Labute approximate surface area is 119 Å². The number of carbonyl (C=O) groups is 2. The molecular formula is C14H25NO3S. The number of carboxylic acid groups (broad SMARTS) is 1. The monoisotopic (exact) mass is 287 g/mol. The highest BCUT2D eigenvalue weighted by Gasteiger charge is 2.42. The van der Waals surface area contributed by atoms with Gasteiger partial charge in [0.05, 0.1) is 5.75 Å². The van der Waals surface area contributed by atoms with Crippen molar-refractivity contribution in [3.8, 4) is 0 Å². The largest absolute Gasteiger partial charge is 0.480 e. The van der Waals surface area contributed by atoms with Crippen molar-refractivity contribution in [1.29, 1.82) is 0 Å². The molecule has 0 aromatic rings. The fraction of sp³-hybridized carbons (Fsp3) is 0.857. The van der Waals surface area contributed by atoms with Crippen LogP contribution in [-0.2, 0) is 9.59 Å². The highest BCUT2D eigenvalue weighted by atomic mass is 32.2. The maximum Gasteiger partial charge on any atom is 0.329 e. The Hall–Kier alpha value is -0.710. The second-order valence-corrected chi connectivity index (χ2v) is 6.63. The molecule has 1 saturated carbocycles. The van der Waals surface area contributed by atoms with Crippen molar-refractivity contribution in [2.45, 2.75) is 57.9 Å². The second kappa shape index (κ2) is 7.78. The maximum atomic E-state index is 11.9. The van der Waals surface area contributed by atoms with Crippen LogP contribution in [0.15, 0.2) is 0 Å². The van der Waals surface area contributed by atoms with Gasteiger partial charge in [0.15, 0.2) is 0 Å². The number of aliphatic carboxylic acids is 1. The van der Waals surface area contributed by atoms with Gasteiger partial charge in [0, 0.05) is 0 Å². The van der Waals surface area contributed by atoms with E-state index in [0.29, 0.717) is 24.5 Å². The van der Waals surface area contributed by atoms with E-state index in [1.807, 2.05) is 0 Å². The van der Waals surface area contributed by atoms with Crippen LogP contribution >= 0.6 is 11.8 Å². The first-order valence-electron chi connectivity index (χ1n) is 7.12. The summed E-state index contributed by atoms with van der Waals surface area (Å²) in [6.07, 6.45) is 5.06. The van der Waals surface area contributed by atoms with Crippen molar-refractivity contribution < 1.29 is 14.7 Å². The van der Waals surface area contributed by atoms with E-state index in [9.17, 15) is 14.7 Å². The molecule has 0 aromatic carbocycles. The van der Waals surface area contributed by atoms with E-state index in [1.54, 1.807) is 11.8 Å². The van der Waals surface area contributed by atoms with Crippen LogP contribution in [0, 0.1) is 5.92 Å². The number of rotatable bonds is 7. The van der Waals surface area contributed by atoms with E-state index in [4.69, 9.17) is 0 Å². The lowest BCUT2D eigenvalue weighted by atomic mass is 9.77. The zero-order valence-electron chi connectivity index (χ0n) is 11.9. The molecule has 0 aromatic heterocycles. The van der Waals surface area contributed by atoms with Crippen LogP contribution in [0.5, 0.6) is 0 Å². The van der Waals surface area contributed by atoms with Crippen molar-refractivity contribution in [3.05, 3.63) is 0 Å². The van der Waals surface area contributed by atoms with Gasteiger partial charge in [0.1, 0.15) is 5.54 Å². The number of thioether (sulfide) groups is 1. The molecule has 0 atom stereocenters. The molecule has 1 aliphatic carbocycles. The average molecular weight is 287 g/mol. The second-order valence-electron chi connectivity index (χ2n) is 5.52. The molecule has 1 aliphatic rings. The topological polar surface area (TPSA) is 66.4 Å². The summed E-state index contributed by atoms with van der Waals surface area (Å²) in [5.74, 6) is 0.860. The van der Waals surface area contributed by atoms with Crippen LogP contribution in [0.3, 0.4) is 0 Å². The van der Waals surface area contributed by atoms with Gasteiger partial charge in [-0.15, -0.1) is 0 Å². The number of carbonyl (C=O) groups excluding carboxylic acids is 1. The summed E-state index contributed by atoms with van der Waals surface area (Å²) in [5, 5.41) is 12.2. The smallest absolute Gasteiger partial charge is 0.329 e. The maximum absolute atomic E-state index is 11.9. The summed E-state index contributed by atoms with van der Waals surface area (Å²) >= 11 is 1.58. The molecule has 0 aliphatic heterocycles. The third-order valence-electron chi connectivity index (χ3n) is 3.79. The first-order chi connectivity index (χ1) is 9.00. The lowest BCUT2D eigenvalue weighted by Gasteiger charge is -2.36. The third kappa shape index (κ3) is 5.05. The molecule has 1 rings (SSSR count). The minimum absolute atomic E-state index is 0.141. The molecule has 4 nitrogen and oxygen atoms in total. The predicted octanol–water partition coefficient (Wildman–Crippen LogP) is 2.67. The molecule has 2 N–H and O–H groups in total. The van der Waals surface area contributed by atoms with E-state index >= 15 is 0 Å². The number of hydrogen-bond donors (Lipinski definition) is 2. The highest BCUT2D eigenvalue weighted by Crippen LogP contribution is 2.32. The molecule has 0 heterocycles. The van der Waals surface area contributed by atoms with Crippen LogP contribution < -0.4 is 5.32 Å². The zero-order valence-corrected chi connectivity index (χ0v) is 12.7. The Bertz CT molecular complexity index is 312. The fourth-order valence-electron chi connectivity index (χ4n) is 2.36. The SMILES string of the molecule is CCCCSCC(=O)NC1(C(=O)O)CCC(C)CC1. The summed E-state index contributed by atoms with van der Waals surface area (Å²) in [4.78, 5) is 23.3. The number of nitrogens with one attached hydrogen (secondary N) is 1. The summed E-state index contributed by atoms with van der Waals surface area (Å²) in [6, 6.07) is 0. The first-order valence-corrected chi connectivity index (χ1v) is 8.28. The van der Waals surface area contributed by atoms with Gasteiger partial charge in [-0.2, -0.15) is 11.8 Å². The molecule has 19 heavy (non-hydrogen) atoms.